The van der Waals surface area contributed by atoms with Gasteiger partial charge in [0.2, 0.25) is 0 Å². The highest BCUT2D eigenvalue weighted by molar-refractivity contribution is 7.15. The first-order valence-electron chi connectivity index (χ1n) is 5.39. The second-order valence-corrected chi connectivity index (χ2v) is 5.96. The van der Waals surface area contributed by atoms with Crippen LogP contribution in [0.3, 0.4) is 0 Å². The second-order valence-electron chi connectivity index (χ2n) is 3.73. The number of halogens is 1. The van der Waals surface area contributed by atoms with Gasteiger partial charge in [0.25, 0.3) is 0 Å². The monoisotopic (exact) mass is 292 g/mol. The Bertz CT molecular complexity index is 620. The summed E-state index contributed by atoms with van der Waals surface area (Å²) < 4.78 is 0. The molecule has 0 amide bonds. The average Bonchev–Trinajstić information content (AvgIpc) is 3.09. The third-order valence-corrected chi connectivity index (χ3v) is 4.83. The van der Waals surface area contributed by atoms with Gasteiger partial charge in [-0.15, -0.1) is 21.8 Å². The molecule has 1 unspecified atom stereocenters. The zero-order valence-corrected chi connectivity index (χ0v) is 11.7. The van der Waals surface area contributed by atoms with Crippen LogP contribution in [0, 0.1) is 0 Å². The smallest absolute Gasteiger partial charge is 0.148 e. The van der Waals surface area contributed by atoms with Crippen LogP contribution < -0.4 is 0 Å². The molecule has 0 N–H and O–H groups in total. The summed E-state index contributed by atoms with van der Waals surface area (Å²) in [5.41, 5.74) is 2.16. The third-order valence-electron chi connectivity index (χ3n) is 2.52. The van der Waals surface area contributed by atoms with Crippen molar-refractivity contribution < 1.29 is 0 Å². The van der Waals surface area contributed by atoms with Gasteiger partial charge >= 0.3 is 0 Å². The maximum Gasteiger partial charge on any atom is 0.148 e. The summed E-state index contributed by atoms with van der Waals surface area (Å²) in [6.07, 6.45) is 0. The maximum atomic E-state index is 6.42. The second kappa shape index (κ2) is 5.18. The minimum Gasteiger partial charge on any atom is -0.152 e. The molecule has 3 rings (SSSR count). The van der Waals surface area contributed by atoms with Crippen LogP contribution in [0.15, 0.2) is 47.2 Å². The fraction of sp³-hybridized carbons (Fsp3) is 0.0769. The van der Waals surface area contributed by atoms with E-state index in [0.29, 0.717) is 0 Å². The Labute approximate surface area is 118 Å². The van der Waals surface area contributed by atoms with Crippen molar-refractivity contribution >= 4 is 34.3 Å². The number of hydrogen-bond acceptors (Lipinski definition) is 4. The number of benzene rings is 1. The van der Waals surface area contributed by atoms with Crippen molar-refractivity contribution in [3.05, 3.63) is 57.7 Å². The first-order chi connectivity index (χ1) is 8.84. The van der Waals surface area contributed by atoms with E-state index in [4.69, 9.17) is 11.6 Å². The standard InChI is InChI=1S/C13H9ClN2S2/c14-11(9-4-2-1-3-5-9)13-16-15-12(18-13)10-6-7-17-8-10/h1-8,11H. The van der Waals surface area contributed by atoms with E-state index in [-0.39, 0.29) is 5.38 Å². The molecule has 2 nitrogen and oxygen atoms in total. The Morgan fingerprint density at radius 1 is 1.06 bits per heavy atom. The largest absolute Gasteiger partial charge is 0.152 e. The Morgan fingerprint density at radius 2 is 1.89 bits per heavy atom. The molecule has 3 aromatic rings. The molecule has 90 valence electrons. The summed E-state index contributed by atoms with van der Waals surface area (Å²) in [6, 6.07) is 12.0. The molecule has 0 aliphatic rings. The van der Waals surface area contributed by atoms with Crippen molar-refractivity contribution in [2.24, 2.45) is 0 Å². The van der Waals surface area contributed by atoms with Gasteiger partial charge in [0.05, 0.1) is 0 Å². The first-order valence-corrected chi connectivity index (χ1v) is 7.59. The normalized spacial score (nSPS) is 12.5. The van der Waals surface area contributed by atoms with Gasteiger partial charge in [-0.3, -0.25) is 0 Å². The van der Waals surface area contributed by atoms with E-state index in [1.165, 1.54) is 0 Å². The van der Waals surface area contributed by atoms with Crippen LogP contribution in [-0.4, -0.2) is 10.2 Å². The Kier molecular flexibility index (Phi) is 3.41. The highest BCUT2D eigenvalue weighted by atomic mass is 35.5. The van der Waals surface area contributed by atoms with E-state index in [9.17, 15) is 0 Å². The Hall–Kier alpha value is -1.23. The molecule has 0 aliphatic heterocycles. The lowest BCUT2D eigenvalue weighted by atomic mass is 10.1. The SMILES string of the molecule is ClC(c1ccccc1)c1nnc(-c2ccsc2)s1. The summed E-state index contributed by atoms with van der Waals surface area (Å²) in [5, 5.41) is 14.0. The van der Waals surface area contributed by atoms with E-state index in [2.05, 4.69) is 15.6 Å². The van der Waals surface area contributed by atoms with Crippen LogP contribution in [0.1, 0.15) is 15.9 Å². The van der Waals surface area contributed by atoms with Crippen molar-refractivity contribution in [1.82, 2.24) is 10.2 Å². The van der Waals surface area contributed by atoms with Gasteiger partial charge in [0.15, 0.2) is 0 Å². The Morgan fingerprint density at radius 3 is 2.61 bits per heavy atom. The highest BCUT2D eigenvalue weighted by Crippen LogP contribution is 2.34. The van der Waals surface area contributed by atoms with Crippen molar-refractivity contribution in [1.29, 1.82) is 0 Å². The molecule has 2 aromatic heterocycles. The van der Waals surface area contributed by atoms with Crippen molar-refractivity contribution in [2.45, 2.75) is 5.38 Å². The quantitative estimate of drug-likeness (QED) is 0.660. The minimum absolute atomic E-state index is 0.226. The predicted molar refractivity (Wildman–Crippen MR) is 77.4 cm³/mol. The molecule has 18 heavy (non-hydrogen) atoms. The minimum atomic E-state index is -0.226. The fourth-order valence-corrected chi connectivity index (χ4v) is 3.49. The van der Waals surface area contributed by atoms with Crippen LogP contribution in [0.5, 0.6) is 0 Å². The number of nitrogens with zero attached hydrogens (tertiary/aromatic N) is 2. The van der Waals surface area contributed by atoms with E-state index < -0.39 is 0 Å². The van der Waals surface area contributed by atoms with E-state index in [1.54, 1.807) is 22.7 Å². The van der Waals surface area contributed by atoms with E-state index in [0.717, 1.165) is 21.1 Å². The van der Waals surface area contributed by atoms with E-state index >= 15 is 0 Å². The zero-order valence-electron chi connectivity index (χ0n) is 9.29. The van der Waals surface area contributed by atoms with E-state index in [1.807, 2.05) is 41.8 Å². The van der Waals surface area contributed by atoms with Crippen LogP contribution in [-0.2, 0) is 0 Å². The van der Waals surface area contributed by atoms with Crippen LogP contribution in [0.4, 0.5) is 0 Å². The van der Waals surface area contributed by atoms with Crippen molar-refractivity contribution in [2.75, 3.05) is 0 Å². The maximum absolute atomic E-state index is 6.42. The lowest BCUT2D eigenvalue weighted by Gasteiger charge is -2.04. The van der Waals surface area contributed by atoms with Gasteiger partial charge in [-0.1, -0.05) is 41.7 Å². The number of alkyl halides is 1. The predicted octanol–water partition coefficient (Wildman–Crippen LogP) is 4.59. The van der Waals surface area contributed by atoms with Gasteiger partial charge < -0.3 is 0 Å². The third kappa shape index (κ3) is 2.32. The van der Waals surface area contributed by atoms with Gasteiger partial charge in [-0.2, -0.15) is 11.3 Å². The van der Waals surface area contributed by atoms with Gasteiger partial charge in [-0.05, 0) is 17.0 Å². The molecule has 0 saturated carbocycles. The summed E-state index contributed by atoms with van der Waals surface area (Å²) in [7, 11) is 0. The molecule has 0 aliphatic carbocycles. The fourth-order valence-electron chi connectivity index (χ4n) is 1.60. The van der Waals surface area contributed by atoms with Gasteiger partial charge in [0.1, 0.15) is 15.4 Å². The lowest BCUT2D eigenvalue weighted by molar-refractivity contribution is 0.988. The first kappa shape index (κ1) is 11.8. The highest BCUT2D eigenvalue weighted by Gasteiger charge is 2.16. The molecule has 0 bridgehead atoms. The topological polar surface area (TPSA) is 25.8 Å². The molecule has 0 saturated heterocycles. The summed E-state index contributed by atoms with van der Waals surface area (Å²) in [6.45, 7) is 0. The Balaban J connectivity index is 1.90. The number of thiophene rings is 1. The average molecular weight is 293 g/mol. The summed E-state index contributed by atoms with van der Waals surface area (Å²) >= 11 is 9.62. The van der Waals surface area contributed by atoms with Crippen LogP contribution >= 0.6 is 34.3 Å². The molecular weight excluding hydrogens is 284 g/mol. The number of rotatable bonds is 3. The number of hydrogen-bond donors (Lipinski definition) is 0. The molecule has 0 spiro atoms. The summed E-state index contributed by atoms with van der Waals surface area (Å²) in [4.78, 5) is 0. The molecular formula is C13H9ClN2S2. The van der Waals surface area contributed by atoms with Gasteiger partial charge in [-0.25, -0.2) is 0 Å². The molecule has 0 radical (unpaired) electrons. The molecule has 2 heterocycles. The molecule has 1 aromatic carbocycles. The lowest BCUT2D eigenvalue weighted by Crippen LogP contribution is -1.91. The van der Waals surface area contributed by atoms with Crippen LogP contribution in [0.25, 0.3) is 10.6 Å². The summed E-state index contributed by atoms with van der Waals surface area (Å²) in [5.74, 6) is 0. The zero-order chi connectivity index (χ0) is 12.4. The van der Waals surface area contributed by atoms with Crippen molar-refractivity contribution in [3.8, 4) is 10.6 Å². The number of aromatic nitrogens is 2. The molecule has 5 heteroatoms. The van der Waals surface area contributed by atoms with Crippen LogP contribution in [0.2, 0.25) is 0 Å². The van der Waals surface area contributed by atoms with Gasteiger partial charge in [0, 0.05) is 10.9 Å². The molecule has 1 atom stereocenters. The molecule has 0 fully saturated rings. The van der Waals surface area contributed by atoms with Crippen molar-refractivity contribution in [3.63, 3.8) is 0 Å².